The van der Waals surface area contributed by atoms with Crippen molar-refractivity contribution in [1.82, 2.24) is 15.0 Å². The maximum Gasteiger partial charge on any atom is 0.271 e. The number of hydrogen-bond donors (Lipinski definition) is 4. The van der Waals surface area contributed by atoms with E-state index in [9.17, 15) is 15.2 Å². The summed E-state index contributed by atoms with van der Waals surface area (Å²) in [6.45, 7) is 0.417. The third-order valence-corrected chi connectivity index (χ3v) is 6.03. The van der Waals surface area contributed by atoms with Crippen LogP contribution in [0.1, 0.15) is 16.7 Å². The largest absolute Gasteiger partial charge is 0.506 e. The number of aromatic nitrogens is 3. The molecule has 0 saturated heterocycles. The summed E-state index contributed by atoms with van der Waals surface area (Å²) in [5.74, 6) is 0.571. The highest BCUT2D eigenvalue weighted by Crippen LogP contribution is 2.30. The summed E-state index contributed by atoms with van der Waals surface area (Å²) >= 11 is 6.09. The number of phenols is 1. The van der Waals surface area contributed by atoms with Gasteiger partial charge in [-0.15, -0.1) is 0 Å². The third kappa shape index (κ3) is 5.44. The van der Waals surface area contributed by atoms with Crippen LogP contribution in [0.5, 0.6) is 5.75 Å². The summed E-state index contributed by atoms with van der Waals surface area (Å²) in [7, 11) is 0. The first-order valence-electron chi connectivity index (χ1n) is 11.2. The first-order chi connectivity index (χ1) is 17.4. The molecule has 1 aliphatic carbocycles. The van der Waals surface area contributed by atoms with Crippen molar-refractivity contribution in [2.24, 2.45) is 0 Å². The molecule has 0 spiro atoms. The fourth-order valence-corrected chi connectivity index (χ4v) is 4.32. The van der Waals surface area contributed by atoms with Gasteiger partial charge in [-0.05, 0) is 47.7 Å². The molecule has 1 aromatic heterocycles. The van der Waals surface area contributed by atoms with Gasteiger partial charge >= 0.3 is 0 Å². The molecule has 0 aliphatic heterocycles. The zero-order chi connectivity index (χ0) is 25.1. The Balaban J connectivity index is 1.41. The number of rotatable bonds is 8. The highest BCUT2D eigenvalue weighted by molar-refractivity contribution is 6.30. The van der Waals surface area contributed by atoms with Crippen molar-refractivity contribution >= 4 is 40.8 Å². The van der Waals surface area contributed by atoms with Gasteiger partial charge in [0.05, 0.1) is 10.6 Å². The molecule has 5 rings (SSSR count). The zero-order valence-corrected chi connectivity index (χ0v) is 19.7. The minimum atomic E-state index is -0.541. The van der Waals surface area contributed by atoms with Gasteiger partial charge in [0.1, 0.15) is 5.75 Å². The molecule has 11 heteroatoms. The Morgan fingerprint density at radius 3 is 2.39 bits per heavy atom. The average Bonchev–Trinajstić information content (AvgIpc) is 3.26. The van der Waals surface area contributed by atoms with Crippen molar-refractivity contribution in [2.75, 3.05) is 16.0 Å². The van der Waals surface area contributed by atoms with Gasteiger partial charge in [-0.25, -0.2) is 0 Å². The number of nitro groups is 1. The second kappa shape index (κ2) is 10.0. The smallest absolute Gasteiger partial charge is 0.271 e. The maximum atomic E-state index is 11.2. The van der Waals surface area contributed by atoms with Gasteiger partial charge in [0.25, 0.3) is 5.69 Å². The standard InChI is InChI=1S/C25H22ClN7O3/c26-18-7-3-4-15(10-18)14-27-23-30-24(28-19-11-16-5-1-2-6-17(16)12-19)32-25(31-23)29-21-13-20(33(35)36)8-9-22(21)34/h1-10,13,19,34H,11-12,14H2,(H3,27,28,29,30,31,32). The van der Waals surface area contributed by atoms with Crippen molar-refractivity contribution in [3.8, 4) is 5.75 Å². The highest BCUT2D eigenvalue weighted by Gasteiger charge is 2.22. The number of nitro benzene ring substituents is 1. The summed E-state index contributed by atoms with van der Waals surface area (Å²) in [6, 6.07) is 19.5. The molecule has 0 bridgehead atoms. The van der Waals surface area contributed by atoms with Crippen molar-refractivity contribution in [1.29, 1.82) is 0 Å². The second-order valence-corrected chi connectivity index (χ2v) is 8.83. The van der Waals surface area contributed by atoms with Crippen LogP contribution in [0.2, 0.25) is 5.02 Å². The molecule has 4 aromatic rings. The minimum Gasteiger partial charge on any atom is -0.506 e. The molecule has 3 aromatic carbocycles. The van der Waals surface area contributed by atoms with Crippen molar-refractivity contribution < 1.29 is 10.0 Å². The van der Waals surface area contributed by atoms with Crippen molar-refractivity contribution in [3.05, 3.63) is 98.6 Å². The molecule has 0 fully saturated rings. The SMILES string of the molecule is O=[N+]([O-])c1ccc(O)c(Nc2nc(NCc3cccc(Cl)c3)nc(NC3Cc4ccccc4C3)n2)c1. The van der Waals surface area contributed by atoms with Crippen LogP contribution in [-0.4, -0.2) is 31.0 Å². The lowest BCUT2D eigenvalue weighted by Crippen LogP contribution is -2.22. The molecular weight excluding hydrogens is 482 g/mol. The Hall–Kier alpha value is -4.44. The fraction of sp³-hybridized carbons (Fsp3) is 0.160. The summed E-state index contributed by atoms with van der Waals surface area (Å²) in [4.78, 5) is 24.0. The Morgan fingerprint density at radius 2 is 1.67 bits per heavy atom. The van der Waals surface area contributed by atoms with E-state index in [0.717, 1.165) is 18.4 Å². The topological polar surface area (TPSA) is 138 Å². The van der Waals surface area contributed by atoms with E-state index < -0.39 is 4.92 Å². The quantitative estimate of drug-likeness (QED) is 0.147. The van der Waals surface area contributed by atoms with E-state index >= 15 is 0 Å². The molecule has 1 heterocycles. The highest BCUT2D eigenvalue weighted by atomic mass is 35.5. The first-order valence-corrected chi connectivity index (χ1v) is 11.6. The molecule has 4 N–H and O–H groups in total. The Bertz CT molecular complexity index is 1410. The predicted molar refractivity (Wildman–Crippen MR) is 138 cm³/mol. The lowest BCUT2D eigenvalue weighted by atomic mass is 10.1. The Kier molecular flexibility index (Phi) is 6.50. The van der Waals surface area contributed by atoms with Crippen LogP contribution < -0.4 is 16.0 Å². The summed E-state index contributed by atoms with van der Waals surface area (Å²) in [6.07, 6.45) is 1.67. The number of nitrogens with one attached hydrogen (secondary N) is 3. The number of anilines is 4. The third-order valence-electron chi connectivity index (χ3n) is 5.80. The average molecular weight is 504 g/mol. The van der Waals surface area contributed by atoms with Gasteiger partial charge in [0.2, 0.25) is 17.8 Å². The molecule has 0 radical (unpaired) electrons. The summed E-state index contributed by atoms with van der Waals surface area (Å²) in [5, 5.41) is 31.4. The van der Waals surface area contributed by atoms with E-state index in [1.807, 2.05) is 30.3 Å². The molecule has 36 heavy (non-hydrogen) atoms. The van der Waals surface area contributed by atoms with Gasteiger partial charge in [-0.3, -0.25) is 10.1 Å². The van der Waals surface area contributed by atoms with Crippen LogP contribution in [0, 0.1) is 10.1 Å². The van der Waals surface area contributed by atoms with E-state index in [0.29, 0.717) is 17.5 Å². The summed E-state index contributed by atoms with van der Waals surface area (Å²) < 4.78 is 0. The number of nitrogens with zero attached hydrogens (tertiary/aromatic N) is 4. The molecule has 0 atom stereocenters. The van der Waals surface area contributed by atoms with Gasteiger partial charge in [0, 0.05) is 29.7 Å². The molecule has 0 saturated carbocycles. The van der Waals surface area contributed by atoms with E-state index in [-0.39, 0.29) is 35.1 Å². The lowest BCUT2D eigenvalue weighted by molar-refractivity contribution is -0.384. The van der Waals surface area contributed by atoms with Crippen molar-refractivity contribution in [3.63, 3.8) is 0 Å². The van der Waals surface area contributed by atoms with Crippen LogP contribution >= 0.6 is 11.6 Å². The molecule has 0 unspecified atom stereocenters. The summed E-state index contributed by atoms with van der Waals surface area (Å²) in [5.41, 5.74) is 3.43. The van der Waals surface area contributed by atoms with Gasteiger partial charge in [-0.2, -0.15) is 15.0 Å². The molecule has 1 aliphatic rings. The van der Waals surface area contributed by atoms with Crippen LogP contribution in [0.15, 0.2) is 66.7 Å². The lowest BCUT2D eigenvalue weighted by Gasteiger charge is -2.15. The number of aromatic hydroxyl groups is 1. The number of phenolic OH excluding ortho intramolecular Hbond substituents is 1. The predicted octanol–water partition coefficient (Wildman–Crippen LogP) is 5.07. The monoisotopic (exact) mass is 503 g/mol. The minimum absolute atomic E-state index is 0.102. The molecule has 10 nitrogen and oxygen atoms in total. The van der Waals surface area contributed by atoms with Gasteiger partial charge in [0.15, 0.2) is 0 Å². The number of non-ortho nitro benzene ring substituents is 1. The van der Waals surface area contributed by atoms with Crippen LogP contribution in [0.3, 0.4) is 0 Å². The normalized spacial score (nSPS) is 12.7. The number of fused-ring (bicyclic) bond motifs is 1. The zero-order valence-electron chi connectivity index (χ0n) is 19.0. The van der Waals surface area contributed by atoms with E-state index in [4.69, 9.17) is 11.6 Å². The van der Waals surface area contributed by atoms with Crippen LogP contribution in [-0.2, 0) is 19.4 Å². The molecule has 182 valence electrons. The van der Waals surface area contributed by atoms with Crippen molar-refractivity contribution in [2.45, 2.75) is 25.4 Å². The van der Waals surface area contributed by atoms with Gasteiger partial charge < -0.3 is 21.1 Å². The molecule has 0 amide bonds. The molecular formula is C25H22ClN7O3. The van der Waals surface area contributed by atoms with Crippen LogP contribution in [0.4, 0.5) is 29.2 Å². The first kappa shape index (κ1) is 23.3. The van der Waals surface area contributed by atoms with E-state index in [1.54, 1.807) is 6.07 Å². The van der Waals surface area contributed by atoms with E-state index in [1.165, 1.54) is 29.3 Å². The fourth-order valence-electron chi connectivity index (χ4n) is 4.11. The Labute approximate surface area is 211 Å². The maximum absolute atomic E-state index is 11.2. The Morgan fingerprint density at radius 1 is 0.944 bits per heavy atom. The number of benzene rings is 3. The number of halogens is 1. The van der Waals surface area contributed by atoms with E-state index in [2.05, 4.69) is 43.0 Å². The van der Waals surface area contributed by atoms with Crippen LogP contribution in [0.25, 0.3) is 0 Å². The second-order valence-electron chi connectivity index (χ2n) is 8.39. The van der Waals surface area contributed by atoms with Gasteiger partial charge in [-0.1, -0.05) is 48.0 Å². The number of hydrogen-bond acceptors (Lipinski definition) is 9.